The molecule has 0 N–H and O–H groups in total. The summed E-state index contributed by atoms with van der Waals surface area (Å²) < 4.78 is 5.75. The van der Waals surface area contributed by atoms with Gasteiger partial charge in [0.1, 0.15) is 0 Å². The maximum Gasteiger partial charge on any atom is 0.269 e. The van der Waals surface area contributed by atoms with Crippen molar-refractivity contribution in [2.24, 2.45) is 11.8 Å². The number of carbonyl (C=O) groups excluding carboxylic acids is 1. The number of non-ortho nitro benzene ring substituents is 1. The van der Waals surface area contributed by atoms with Gasteiger partial charge in [-0.25, -0.2) is 0 Å². The highest BCUT2D eigenvalue weighted by Gasteiger charge is 2.42. The molecule has 7 heteroatoms. The SMILES string of the molecule is O=C([C@@H]1Cc2cc([N+](=O)[O-])ccc2N2CCOC[C@@H]12)N1CCC(Cc2ccccc2)CC1. The first-order chi connectivity index (χ1) is 15.6. The molecule has 7 nitrogen and oxygen atoms in total. The second-order valence-corrected chi connectivity index (χ2v) is 9.17. The molecule has 168 valence electrons. The normalized spacial score (nSPS) is 23.4. The number of piperidine rings is 1. The van der Waals surface area contributed by atoms with E-state index in [1.165, 1.54) is 5.56 Å². The molecule has 1 amide bonds. The Balaban J connectivity index is 1.30. The molecule has 2 aromatic rings. The van der Waals surface area contributed by atoms with Crippen molar-refractivity contribution in [3.8, 4) is 0 Å². The monoisotopic (exact) mass is 435 g/mol. The number of hydrogen-bond donors (Lipinski definition) is 0. The van der Waals surface area contributed by atoms with Crippen LogP contribution in [0.3, 0.4) is 0 Å². The van der Waals surface area contributed by atoms with Crippen molar-refractivity contribution in [3.63, 3.8) is 0 Å². The highest BCUT2D eigenvalue weighted by molar-refractivity contribution is 5.82. The minimum absolute atomic E-state index is 0.00718. The fourth-order valence-electron chi connectivity index (χ4n) is 5.55. The van der Waals surface area contributed by atoms with Crippen molar-refractivity contribution < 1.29 is 14.5 Å². The third-order valence-corrected chi connectivity index (χ3v) is 7.26. The summed E-state index contributed by atoms with van der Waals surface area (Å²) in [7, 11) is 0. The van der Waals surface area contributed by atoms with Crippen molar-refractivity contribution in [1.29, 1.82) is 0 Å². The molecule has 0 bridgehead atoms. The third-order valence-electron chi connectivity index (χ3n) is 7.26. The average molecular weight is 436 g/mol. The largest absolute Gasteiger partial charge is 0.377 e. The summed E-state index contributed by atoms with van der Waals surface area (Å²) in [5, 5.41) is 11.3. The molecule has 32 heavy (non-hydrogen) atoms. The topological polar surface area (TPSA) is 75.9 Å². The number of amides is 1. The van der Waals surface area contributed by atoms with Crippen LogP contribution in [-0.2, 0) is 22.4 Å². The highest BCUT2D eigenvalue weighted by Crippen LogP contribution is 2.38. The lowest BCUT2D eigenvalue weighted by molar-refractivity contribution is -0.384. The number of hydrogen-bond acceptors (Lipinski definition) is 5. The molecule has 0 radical (unpaired) electrons. The summed E-state index contributed by atoms with van der Waals surface area (Å²) >= 11 is 0. The zero-order chi connectivity index (χ0) is 22.1. The van der Waals surface area contributed by atoms with E-state index in [1.807, 2.05) is 17.0 Å². The van der Waals surface area contributed by atoms with Crippen molar-refractivity contribution in [2.75, 3.05) is 37.7 Å². The van der Waals surface area contributed by atoms with Crippen molar-refractivity contribution in [1.82, 2.24) is 4.90 Å². The molecule has 2 atom stereocenters. The average Bonchev–Trinajstić information content (AvgIpc) is 2.84. The van der Waals surface area contributed by atoms with Crippen LogP contribution in [0.1, 0.15) is 24.0 Å². The maximum atomic E-state index is 13.6. The number of fused-ring (bicyclic) bond motifs is 3. The second-order valence-electron chi connectivity index (χ2n) is 9.17. The molecule has 3 aliphatic rings. The number of rotatable bonds is 4. The zero-order valence-electron chi connectivity index (χ0n) is 18.2. The van der Waals surface area contributed by atoms with Crippen LogP contribution in [0, 0.1) is 22.0 Å². The molecule has 0 aromatic heterocycles. The molecule has 2 fully saturated rings. The number of nitro benzene ring substituents is 1. The highest BCUT2D eigenvalue weighted by atomic mass is 16.6. The van der Waals surface area contributed by atoms with Crippen LogP contribution in [0.25, 0.3) is 0 Å². The number of anilines is 1. The van der Waals surface area contributed by atoms with Gasteiger partial charge in [0.25, 0.3) is 5.69 Å². The molecule has 0 aliphatic carbocycles. The van der Waals surface area contributed by atoms with Gasteiger partial charge in [0, 0.05) is 37.5 Å². The zero-order valence-corrected chi connectivity index (χ0v) is 18.2. The van der Waals surface area contributed by atoms with Crippen molar-refractivity contribution >= 4 is 17.3 Å². The number of likely N-dealkylation sites (tertiary alicyclic amines) is 1. The van der Waals surface area contributed by atoms with Gasteiger partial charge in [-0.05, 0) is 48.8 Å². The standard InChI is InChI=1S/C25H29N3O4/c29-25(26-10-8-19(9-11-26)14-18-4-2-1-3-5-18)22-16-20-15-21(28(30)31)6-7-23(20)27-12-13-32-17-24(22)27/h1-7,15,19,22,24H,8-14,16-17H2/t22-,24+/m1/s1. The summed E-state index contributed by atoms with van der Waals surface area (Å²) in [6.07, 6.45) is 3.62. The molecule has 5 rings (SSSR count). The lowest BCUT2D eigenvalue weighted by atomic mass is 9.83. The number of morpholine rings is 1. The van der Waals surface area contributed by atoms with Gasteiger partial charge in [0.15, 0.2) is 0 Å². The number of ether oxygens (including phenoxy) is 1. The van der Waals surface area contributed by atoms with E-state index in [0.29, 0.717) is 32.1 Å². The van der Waals surface area contributed by atoms with E-state index in [9.17, 15) is 14.9 Å². The molecule has 0 spiro atoms. The van der Waals surface area contributed by atoms with Crippen LogP contribution in [-0.4, -0.2) is 54.6 Å². The van der Waals surface area contributed by atoms with Crippen LogP contribution in [0.2, 0.25) is 0 Å². The lowest BCUT2D eigenvalue weighted by Gasteiger charge is -2.47. The number of benzene rings is 2. The Morgan fingerprint density at radius 3 is 2.62 bits per heavy atom. The minimum Gasteiger partial charge on any atom is -0.377 e. The summed E-state index contributed by atoms with van der Waals surface area (Å²) in [6, 6.07) is 15.6. The fourth-order valence-corrected chi connectivity index (χ4v) is 5.55. The molecule has 2 saturated heterocycles. The van der Waals surface area contributed by atoms with Gasteiger partial charge < -0.3 is 14.5 Å². The quantitative estimate of drug-likeness (QED) is 0.543. The van der Waals surface area contributed by atoms with Gasteiger partial charge in [-0.3, -0.25) is 14.9 Å². The van der Waals surface area contributed by atoms with Crippen molar-refractivity contribution in [2.45, 2.75) is 31.7 Å². The molecular formula is C25H29N3O4. The third kappa shape index (κ3) is 4.09. The predicted molar refractivity (Wildman–Crippen MR) is 122 cm³/mol. The van der Waals surface area contributed by atoms with Crippen LogP contribution in [0.15, 0.2) is 48.5 Å². The summed E-state index contributed by atoms with van der Waals surface area (Å²) in [4.78, 5) is 28.8. The van der Waals surface area contributed by atoms with E-state index >= 15 is 0 Å². The molecule has 3 aliphatic heterocycles. The fraction of sp³-hybridized carbons (Fsp3) is 0.480. The van der Waals surface area contributed by atoms with Gasteiger partial charge in [-0.15, -0.1) is 0 Å². The predicted octanol–water partition coefficient (Wildman–Crippen LogP) is 3.45. The summed E-state index contributed by atoms with van der Waals surface area (Å²) in [5.41, 5.74) is 3.35. The van der Waals surface area contributed by atoms with E-state index in [1.54, 1.807) is 12.1 Å². The summed E-state index contributed by atoms with van der Waals surface area (Å²) in [6.45, 7) is 3.40. The Bertz CT molecular complexity index is 988. The van der Waals surface area contributed by atoms with Crippen LogP contribution in [0.4, 0.5) is 11.4 Å². The maximum absolute atomic E-state index is 13.6. The first kappa shape index (κ1) is 20.9. The van der Waals surface area contributed by atoms with Crippen LogP contribution >= 0.6 is 0 Å². The Kier molecular flexibility index (Phi) is 5.83. The Morgan fingerprint density at radius 2 is 1.88 bits per heavy atom. The summed E-state index contributed by atoms with van der Waals surface area (Å²) in [5.74, 6) is 0.544. The lowest BCUT2D eigenvalue weighted by Crippen LogP contribution is -2.57. The van der Waals surface area contributed by atoms with E-state index < -0.39 is 0 Å². The van der Waals surface area contributed by atoms with Gasteiger partial charge in [-0.2, -0.15) is 0 Å². The van der Waals surface area contributed by atoms with E-state index in [4.69, 9.17) is 4.74 Å². The Morgan fingerprint density at radius 1 is 1.09 bits per heavy atom. The van der Waals surface area contributed by atoms with E-state index in [2.05, 4.69) is 29.2 Å². The van der Waals surface area contributed by atoms with Crippen LogP contribution < -0.4 is 4.90 Å². The Labute approximate surface area is 188 Å². The Hall–Kier alpha value is -2.93. The number of nitro groups is 1. The first-order valence-electron chi connectivity index (χ1n) is 11.5. The second kappa shape index (κ2) is 8.90. The minimum atomic E-state index is -0.361. The van der Waals surface area contributed by atoms with Crippen molar-refractivity contribution in [3.05, 3.63) is 69.8 Å². The smallest absolute Gasteiger partial charge is 0.269 e. The van der Waals surface area contributed by atoms with Crippen LogP contribution in [0.5, 0.6) is 0 Å². The van der Waals surface area contributed by atoms with E-state index in [-0.39, 0.29) is 28.5 Å². The van der Waals surface area contributed by atoms with Gasteiger partial charge >= 0.3 is 0 Å². The number of nitrogens with zero attached hydrogens (tertiary/aromatic N) is 3. The first-order valence-corrected chi connectivity index (χ1v) is 11.5. The molecule has 3 heterocycles. The molecule has 2 aromatic carbocycles. The molecule has 0 saturated carbocycles. The van der Waals surface area contributed by atoms with E-state index in [0.717, 1.165) is 43.6 Å². The van der Waals surface area contributed by atoms with Gasteiger partial charge in [-0.1, -0.05) is 30.3 Å². The van der Waals surface area contributed by atoms with Gasteiger partial charge in [0.2, 0.25) is 5.91 Å². The van der Waals surface area contributed by atoms with Gasteiger partial charge in [0.05, 0.1) is 30.1 Å². The number of carbonyl (C=O) groups is 1. The molecular weight excluding hydrogens is 406 g/mol. The molecule has 0 unspecified atom stereocenters.